The van der Waals surface area contributed by atoms with Gasteiger partial charge in [0.25, 0.3) is 0 Å². The van der Waals surface area contributed by atoms with Gasteiger partial charge in [-0.25, -0.2) is 18.0 Å². The molecule has 2 aromatic rings. The number of ether oxygens (including phenoxy) is 1. The average Bonchev–Trinajstić information content (AvgIpc) is 2.67. The normalized spacial score (nSPS) is 10.7. The third kappa shape index (κ3) is 2.73. The second kappa shape index (κ2) is 5.77. The molecule has 2 rings (SSSR count). The number of esters is 1. The van der Waals surface area contributed by atoms with Crippen LogP contribution in [0.3, 0.4) is 0 Å². The fraction of sp³-hybridized carbons (Fsp3) is 0.214. The molecule has 3 nitrogen and oxygen atoms in total. The van der Waals surface area contributed by atoms with E-state index in [0.717, 1.165) is 11.3 Å². The fourth-order valence-corrected chi connectivity index (χ4v) is 3.04. The van der Waals surface area contributed by atoms with Crippen LogP contribution >= 0.6 is 11.3 Å². The van der Waals surface area contributed by atoms with Crippen molar-refractivity contribution in [2.45, 2.75) is 13.8 Å². The number of hydrogen-bond acceptors (Lipinski definition) is 4. The Morgan fingerprint density at radius 3 is 2.38 bits per heavy atom. The Labute approximate surface area is 123 Å². The molecule has 0 bridgehead atoms. The average molecular weight is 315 g/mol. The second-order valence-electron chi connectivity index (χ2n) is 4.26. The number of rotatable bonds is 3. The Balaban J connectivity index is 2.61. The zero-order valence-corrected chi connectivity index (χ0v) is 12.1. The van der Waals surface area contributed by atoms with Gasteiger partial charge in [-0.05, 0) is 19.4 Å². The van der Waals surface area contributed by atoms with Crippen LogP contribution in [0.1, 0.15) is 22.2 Å². The van der Waals surface area contributed by atoms with Crippen LogP contribution in [0.25, 0.3) is 10.4 Å². The molecule has 0 fully saturated rings. The number of carbonyl (C=O) groups is 1. The van der Waals surface area contributed by atoms with Gasteiger partial charge in [0.05, 0.1) is 17.9 Å². The Morgan fingerprint density at radius 2 is 1.86 bits per heavy atom. The van der Waals surface area contributed by atoms with Gasteiger partial charge in [0.1, 0.15) is 22.3 Å². The lowest BCUT2D eigenvalue weighted by Gasteiger charge is -2.04. The first-order valence-corrected chi connectivity index (χ1v) is 6.89. The van der Waals surface area contributed by atoms with Crippen molar-refractivity contribution < 1.29 is 22.7 Å². The van der Waals surface area contributed by atoms with Crippen molar-refractivity contribution in [1.82, 2.24) is 0 Å². The van der Waals surface area contributed by atoms with Crippen LogP contribution < -0.4 is 5.73 Å². The van der Waals surface area contributed by atoms with E-state index in [4.69, 9.17) is 10.5 Å². The molecule has 0 amide bonds. The Kier molecular flexibility index (Phi) is 4.22. The summed E-state index contributed by atoms with van der Waals surface area (Å²) in [6.45, 7) is 3.32. The number of thiophene rings is 1. The zero-order valence-electron chi connectivity index (χ0n) is 11.3. The van der Waals surface area contributed by atoms with Gasteiger partial charge in [0.2, 0.25) is 0 Å². The molecule has 0 unspecified atom stereocenters. The van der Waals surface area contributed by atoms with E-state index in [0.29, 0.717) is 17.7 Å². The van der Waals surface area contributed by atoms with Crippen LogP contribution in [0.4, 0.5) is 18.9 Å². The van der Waals surface area contributed by atoms with Crippen LogP contribution in [-0.4, -0.2) is 12.6 Å². The van der Waals surface area contributed by atoms with E-state index in [9.17, 15) is 18.0 Å². The van der Waals surface area contributed by atoms with E-state index in [-0.39, 0.29) is 22.0 Å². The van der Waals surface area contributed by atoms with Crippen LogP contribution in [0.2, 0.25) is 0 Å². The van der Waals surface area contributed by atoms with Crippen molar-refractivity contribution in [3.05, 3.63) is 40.0 Å². The molecule has 0 radical (unpaired) electrons. The quantitative estimate of drug-likeness (QED) is 0.874. The van der Waals surface area contributed by atoms with Crippen molar-refractivity contribution in [2.24, 2.45) is 0 Å². The minimum absolute atomic E-state index is 0.0764. The highest BCUT2D eigenvalue weighted by Crippen LogP contribution is 2.40. The predicted molar refractivity (Wildman–Crippen MR) is 74.7 cm³/mol. The lowest BCUT2D eigenvalue weighted by molar-refractivity contribution is 0.0533. The molecular weight excluding hydrogens is 303 g/mol. The second-order valence-corrected chi connectivity index (χ2v) is 5.28. The number of halogens is 3. The van der Waals surface area contributed by atoms with E-state index >= 15 is 0 Å². The van der Waals surface area contributed by atoms with Crippen LogP contribution in [-0.2, 0) is 4.74 Å². The third-order valence-electron chi connectivity index (χ3n) is 2.89. The summed E-state index contributed by atoms with van der Waals surface area (Å²) in [7, 11) is 0. The molecule has 1 heterocycles. The molecule has 0 aliphatic heterocycles. The maximum absolute atomic E-state index is 13.8. The standard InChI is InChI=1S/C14H12F3NO2S/c1-3-20-14(19)13-11(18)6(2)12(21-13)10-8(16)4-7(15)5-9(10)17/h4-5H,3,18H2,1-2H3. The van der Waals surface area contributed by atoms with E-state index < -0.39 is 29.0 Å². The van der Waals surface area contributed by atoms with Gasteiger partial charge in [0, 0.05) is 17.0 Å². The highest BCUT2D eigenvalue weighted by atomic mass is 32.1. The largest absolute Gasteiger partial charge is 0.462 e. The molecule has 0 aliphatic rings. The maximum atomic E-state index is 13.8. The van der Waals surface area contributed by atoms with Crippen molar-refractivity contribution in [2.75, 3.05) is 12.3 Å². The summed E-state index contributed by atoms with van der Waals surface area (Å²) >= 11 is 0.819. The first-order valence-electron chi connectivity index (χ1n) is 6.07. The monoisotopic (exact) mass is 315 g/mol. The summed E-state index contributed by atoms with van der Waals surface area (Å²) in [5.41, 5.74) is 5.85. The number of benzene rings is 1. The summed E-state index contributed by atoms with van der Waals surface area (Å²) in [6.07, 6.45) is 0. The zero-order chi connectivity index (χ0) is 15.7. The molecule has 2 N–H and O–H groups in total. The third-order valence-corrected chi connectivity index (χ3v) is 4.19. The van der Waals surface area contributed by atoms with Gasteiger partial charge < -0.3 is 10.5 Å². The Hall–Kier alpha value is -2.02. The van der Waals surface area contributed by atoms with E-state index in [1.165, 1.54) is 6.92 Å². The molecule has 1 aromatic carbocycles. The summed E-state index contributed by atoms with van der Waals surface area (Å²) in [6, 6.07) is 1.16. The highest BCUT2D eigenvalue weighted by Gasteiger charge is 2.24. The van der Waals surface area contributed by atoms with E-state index in [1.807, 2.05) is 0 Å². The first kappa shape index (κ1) is 15.4. The molecule has 7 heteroatoms. The minimum atomic E-state index is -1.05. The van der Waals surface area contributed by atoms with Gasteiger partial charge in [-0.15, -0.1) is 11.3 Å². The topological polar surface area (TPSA) is 52.3 Å². The summed E-state index contributed by atoms with van der Waals surface area (Å²) in [5.74, 6) is -3.77. The summed E-state index contributed by atoms with van der Waals surface area (Å²) < 4.78 is 45.5. The van der Waals surface area contributed by atoms with Crippen LogP contribution in [0, 0.1) is 24.4 Å². The number of nitrogen functional groups attached to an aromatic ring is 1. The van der Waals surface area contributed by atoms with Gasteiger partial charge in [-0.2, -0.15) is 0 Å². The molecule has 1 aromatic heterocycles. The van der Waals surface area contributed by atoms with Crippen LogP contribution in [0.15, 0.2) is 12.1 Å². The van der Waals surface area contributed by atoms with Gasteiger partial charge >= 0.3 is 5.97 Å². The van der Waals surface area contributed by atoms with Crippen molar-refractivity contribution in [1.29, 1.82) is 0 Å². The van der Waals surface area contributed by atoms with Crippen molar-refractivity contribution in [3.8, 4) is 10.4 Å². The predicted octanol–water partition coefficient (Wildman–Crippen LogP) is 3.90. The molecule has 0 atom stereocenters. The Bertz CT molecular complexity index is 689. The minimum Gasteiger partial charge on any atom is -0.462 e. The van der Waals surface area contributed by atoms with Crippen LogP contribution in [0.5, 0.6) is 0 Å². The fourth-order valence-electron chi connectivity index (χ4n) is 1.87. The first-order chi connectivity index (χ1) is 9.86. The van der Waals surface area contributed by atoms with Crippen molar-refractivity contribution in [3.63, 3.8) is 0 Å². The smallest absolute Gasteiger partial charge is 0.350 e. The summed E-state index contributed by atoms with van der Waals surface area (Å²) in [4.78, 5) is 12.0. The number of carbonyl (C=O) groups excluding carboxylic acids is 1. The molecular formula is C14H12F3NO2S. The molecule has 0 spiro atoms. The molecule has 0 aliphatic carbocycles. The summed E-state index contributed by atoms with van der Waals surface area (Å²) in [5, 5.41) is 0. The van der Waals surface area contributed by atoms with E-state index in [2.05, 4.69) is 0 Å². The SMILES string of the molecule is CCOC(=O)c1sc(-c2c(F)cc(F)cc2F)c(C)c1N. The molecule has 0 saturated heterocycles. The number of hydrogen-bond donors (Lipinski definition) is 1. The van der Waals surface area contributed by atoms with Crippen molar-refractivity contribution >= 4 is 23.0 Å². The lowest BCUT2D eigenvalue weighted by atomic mass is 10.1. The molecule has 0 saturated carbocycles. The highest BCUT2D eigenvalue weighted by molar-refractivity contribution is 7.18. The van der Waals surface area contributed by atoms with E-state index in [1.54, 1.807) is 6.92 Å². The maximum Gasteiger partial charge on any atom is 0.350 e. The lowest BCUT2D eigenvalue weighted by Crippen LogP contribution is -2.05. The Morgan fingerprint density at radius 1 is 1.29 bits per heavy atom. The molecule has 112 valence electrons. The number of anilines is 1. The molecule has 21 heavy (non-hydrogen) atoms. The van der Waals surface area contributed by atoms with Gasteiger partial charge in [-0.3, -0.25) is 0 Å². The van der Waals surface area contributed by atoms with Gasteiger partial charge in [-0.1, -0.05) is 0 Å². The number of nitrogens with two attached hydrogens (primary N) is 1. The van der Waals surface area contributed by atoms with Gasteiger partial charge in [0.15, 0.2) is 0 Å².